The quantitative estimate of drug-likeness (QED) is 0.130. The number of nitrogens with two attached hydrogens (primary N) is 2. The maximum Gasteiger partial charge on any atom is 0.327 e. The third-order valence-electron chi connectivity index (χ3n) is 5.26. The maximum atomic E-state index is 13.1. The first-order valence-corrected chi connectivity index (χ1v) is 12.0. The van der Waals surface area contributed by atoms with Crippen LogP contribution in [0.2, 0.25) is 0 Å². The van der Waals surface area contributed by atoms with Crippen molar-refractivity contribution in [1.29, 1.82) is 0 Å². The lowest BCUT2D eigenvalue weighted by Crippen LogP contribution is -2.58. The molecule has 0 heterocycles. The number of benzene rings is 1. The standard InChI is InChI=1S/C23H37N5O5S/c1-14(2)19(22(31)27-18(13-34)23(32)33)28-21(30)17(10-6-7-11-24)26-20(29)16(25)12-15-8-4-3-5-9-15/h3-5,8-9,14,16-19,34H,6-7,10-13,24-25H2,1-2H3,(H,26,29)(H,27,31)(H,28,30)(H,32,33). The van der Waals surface area contributed by atoms with Gasteiger partial charge in [-0.2, -0.15) is 12.6 Å². The molecule has 34 heavy (non-hydrogen) atoms. The summed E-state index contributed by atoms with van der Waals surface area (Å²) < 4.78 is 0. The molecule has 4 unspecified atom stereocenters. The van der Waals surface area contributed by atoms with Crippen molar-refractivity contribution in [3.63, 3.8) is 0 Å². The van der Waals surface area contributed by atoms with Gasteiger partial charge in [0.25, 0.3) is 0 Å². The summed E-state index contributed by atoms with van der Waals surface area (Å²) in [5.41, 5.74) is 12.5. The van der Waals surface area contributed by atoms with Gasteiger partial charge < -0.3 is 32.5 Å². The van der Waals surface area contributed by atoms with Gasteiger partial charge in [-0.3, -0.25) is 14.4 Å². The molecule has 0 aliphatic rings. The van der Waals surface area contributed by atoms with E-state index in [1.54, 1.807) is 13.8 Å². The van der Waals surface area contributed by atoms with E-state index in [4.69, 9.17) is 16.6 Å². The molecule has 0 saturated carbocycles. The summed E-state index contributed by atoms with van der Waals surface area (Å²) in [6, 6.07) is 5.32. The van der Waals surface area contributed by atoms with Gasteiger partial charge in [0.05, 0.1) is 6.04 Å². The van der Waals surface area contributed by atoms with E-state index in [-0.39, 0.29) is 11.7 Å². The molecule has 0 radical (unpaired) electrons. The van der Waals surface area contributed by atoms with Crippen molar-refractivity contribution in [1.82, 2.24) is 16.0 Å². The van der Waals surface area contributed by atoms with Gasteiger partial charge in [-0.05, 0) is 43.7 Å². The van der Waals surface area contributed by atoms with Crippen molar-refractivity contribution in [2.24, 2.45) is 17.4 Å². The van der Waals surface area contributed by atoms with Crippen LogP contribution in [-0.2, 0) is 25.6 Å². The van der Waals surface area contributed by atoms with Crippen molar-refractivity contribution in [2.45, 2.75) is 63.7 Å². The lowest BCUT2D eigenvalue weighted by molar-refractivity contribution is -0.142. The van der Waals surface area contributed by atoms with E-state index in [9.17, 15) is 19.2 Å². The molecule has 0 saturated heterocycles. The topological polar surface area (TPSA) is 177 Å². The van der Waals surface area contributed by atoms with Gasteiger partial charge in [0, 0.05) is 5.75 Å². The highest BCUT2D eigenvalue weighted by Crippen LogP contribution is 2.08. The van der Waals surface area contributed by atoms with Crippen LogP contribution in [0.15, 0.2) is 30.3 Å². The summed E-state index contributed by atoms with van der Waals surface area (Å²) in [6.07, 6.45) is 1.86. The summed E-state index contributed by atoms with van der Waals surface area (Å²) in [6.45, 7) is 3.88. The van der Waals surface area contributed by atoms with E-state index in [0.29, 0.717) is 32.2 Å². The van der Waals surface area contributed by atoms with Gasteiger partial charge in [-0.25, -0.2) is 4.79 Å². The molecular weight excluding hydrogens is 458 g/mol. The molecule has 0 bridgehead atoms. The molecule has 1 rings (SSSR count). The fourth-order valence-electron chi connectivity index (χ4n) is 3.24. The molecule has 0 fully saturated rings. The highest BCUT2D eigenvalue weighted by Gasteiger charge is 2.31. The van der Waals surface area contributed by atoms with E-state index in [0.717, 1.165) is 5.56 Å². The number of carboxylic acid groups (broad SMARTS) is 1. The minimum absolute atomic E-state index is 0.100. The molecule has 0 aliphatic carbocycles. The highest BCUT2D eigenvalue weighted by molar-refractivity contribution is 7.80. The van der Waals surface area contributed by atoms with E-state index >= 15 is 0 Å². The second-order valence-corrected chi connectivity index (χ2v) is 8.82. The molecule has 11 heteroatoms. The van der Waals surface area contributed by atoms with Crippen molar-refractivity contribution in [2.75, 3.05) is 12.3 Å². The lowest BCUT2D eigenvalue weighted by atomic mass is 10.0. The number of nitrogens with one attached hydrogen (secondary N) is 3. The second-order valence-electron chi connectivity index (χ2n) is 8.45. The van der Waals surface area contributed by atoms with E-state index in [1.165, 1.54) is 0 Å². The number of hydrogen-bond acceptors (Lipinski definition) is 7. The first kappa shape index (κ1) is 29.4. The Bertz CT molecular complexity index is 808. The van der Waals surface area contributed by atoms with Crippen molar-refractivity contribution >= 4 is 36.3 Å². The number of rotatable bonds is 15. The molecule has 10 nitrogen and oxygen atoms in total. The zero-order valence-electron chi connectivity index (χ0n) is 19.7. The average molecular weight is 496 g/mol. The molecule has 0 aliphatic heterocycles. The summed E-state index contributed by atoms with van der Waals surface area (Å²) in [5.74, 6) is -3.34. The molecular formula is C23H37N5O5S. The Kier molecular flexibility index (Phi) is 13.2. The number of carboxylic acids is 1. The van der Waals surface area contributed by atoms with Gasteiger partial charge in [0.1, 0.15) is 18.1 Å². The first-order chi connectivity index (χ1) is 16.1. The average Bonchev–Trinajstić information content (AvgIpc) is 2.80. The van der Waals surface area contributed by atoms with E-state index in [1.807, 2.05) is 30.3 Å². The summed E-state index contributed by atoms with van der Waals surface area (Å²) in [5, 5.41) is 16.9. The van der Waals surface area contributed by atoms with E-state index < -0.39 is 47.9 Å². The predicted octanol–water partition coefficient (Wildman–Crippen LogP) is -0.190. The van der Waals surface area contributed by atoms with Crippen LogP contribution in [0.1, 0.15) is 38.7 Å². The fourth-order valence-corrected chi connectivity index (χ4v) is 3.48. The minimum atomic E-state index is -1.23. The number of thiol groups is 1. The Morgan fingerprint density at radius 3 is 2.09 bits per heavy atom. The zero-order chi connectivity index (χ0) is 25.7. The Hall–Kier alpha value is -2.63. The Morgan fingerprint density at radius 1 is 0.941 bits per heavy atom. The van der Waals surface area contributed by atoms with Gasteiger partial charge in [0.15, 0.2) is 0 Å². The molecule has 190 valence electrons. The van der Waals surface area contributed by atoms with Crippen LogP contribution in [0.4, 0.5) is 0 Å². The lowest BCUT2D eigenvalue weighted by Gasteiger charge is -2.27. The largest absolute Gasteiger partial charge is 0.480 e. The molecule has 8 N–H and O–H groups in total. The monoisotopic (exact) mass is 495 g/mol. The zero-order valence-corrected chi connectivity index (χ0v) is 20.6. The van der Waals surface area contributed by atoms with Gasteiger partial charge in [-0.1, -0.05) is 44.2 Å². The maximum absolute atomic E-state index is 13.1. The van der Waals surface area contributed by atoms with Crippen LogP contribution >= 0.6 is 12.6 Å². The number of carbonyl (C=O) groups excluding carboxylic acids is 3. The third-order valence-corrected chi connectivity index (χ3v) is 5.62. The van der Waals surface area contributed by atoms with Crippen LogP contribution in [0, 0.1) is 5.92 Å². The van der Waals surface area contributed by atoms with Crippen LogP contribution in [0.25, 0.3) is 0 Å². The van der Waals surface area contributed by atoms with Crippen LogP contribution < -0.4 is 27.4 Å². The van der Waals surface area contributed by atoms with Crippen molar-refractivity contribution in [3.8, 4) is 0 Å². The van der Waals surface area contributed by atoms with Crippen LogP contribution in [-0.4, -0.2) is 65.3 Å². The van der Waals surface area contributed by atoms with Gasteiger partial charge in [0.2, 0.25) is 17.7 Å². The molecule has 1 aromatic carbocycles. The smallest absolute Gasteiger partial charge is 0.327 e. The van der Waals surface area contributed by atoms with Gasteiger partial charge in [-0.15, -0.1) is 0 Å². The van der Waals surface area contributed by atoms with Crippen molar-refractivity contribution in [3.05, 3.63) is 35.9 Å². The predicted molar refractivity (Wildman–Crippen MR) is 133 cm³/mol. The normalized spacial score (nSPS) is 14.5. The molecule has 0 spiro atoms. The Balaban J connectivity index is 2.89. The molecule has 4 atom stereocenters. The SMILES string of the molecule is CC(C)C(NC(=O)C(CCCCN)NC(=O)C(N)Cc1ccccc1)C(=O)NC(CS)C(=O)O. The Labute approximate surface area is 206 Å². The van der Waals surface area contributed by atoms with Crippen LogP contribution in [0.5, 0.6) is 0 Å². The second kappa shape index (κ2) is 15.3. The molecule has 0 aromatic heterocycles. The number of hydrogen-bond donors (Lipinski definition) is 7. The summed E-state index contributed by atoms with van der Waals surface area (Å²) in [7, 11) is 0. The minimum Gasteiger partial charge on any atom is -0.480 e. The van der Waals surface area contributed by atoms with E-state index in [2.05, 4.69) is 28.6 Å². The first-order valence-electron chi connectivity index (χ1n) is 11.3. The summed E-state index contributed by atoms with van der Waals surface area (Å²) in [4.78, 5) is 49.7. The fraction of sp³-hybridized carbons (Fsp3) is 0.565. The van der Waals surface area contributed by atoms with Gasteiger partial charge >= 0.3 is 5.97 Å². The summed E-state index contributed by atoms with van der Waals surface area (Å²) >= 11 is 3.94. The Morgan fingerprint density at radius 2 is 1.56 bits per heavy atom. The van der Waals surface area contributed by atoms with Crippen LogP contribution in [0.3, 0.4) is 0 Å². The molecule has 3 amide bonds. The number of amides is 3. The van der Waals surface area contributed by atoms with Crippen molar-refractivity contribution < 1.29 is 24.3 Å². The molecule has 1 aromatic rings. The number of unbranched alkanes of at least 4 members (excludes halogenated alkanes) is 1. The number of aliphatic carboxylic acids is 1. The highest BCUT2D eigenvalue weighted by atomic mass is 32.1. The number of carbonyl (C=O) groups is 4. The third kappa shape index (κ3) is 10.1.